The minimum atomic E-state index is -0.552. The summed E-state index contributed by atoms with van der Waals surface area (Å²) in [4.78, 5) is 27.1. The van der Waals surface area contributed by atoms with Crippen molar-refractivity contribution in [3.05, 3.63) is 87.6 Å². The largest absolute Gasteiger partial charge is 0.451 e. The lowest BCUT2D eigenvalue weighted by molar-refractivity contribution is -0.384. The average molecular weight is 403 g/mol. The molecule has 0 aliphatic rings. The lowest BCUT2D eigenvalue weighted by Crippen LogP contribution is -2.16. The minimum absolute atomic E-state index is 0.0154. The Hall–Kier alpha value is -4.27. The van der Waals surface area contributed by atoms with Crippen molar-refractivity contribution in [3.8, 4) is 5.82 Å². The van der Waals surface area contributed by atoms with Gasteiger partial charge in [-0.25, -0.2) is 10.4 Å². The molecule has 0 saturated heterocycles. The Morgan fingerprint density at radius 3 is 2.80 bits per heavy atom. The Kier molecular flexibility index (Phi) is 4.85. The molecule has 0 unspecified atom stereocenters. The van der Waals surface area contributed by atoms with E-state index in [0.717, 1.165) is 22.8 Å². The van der Waals surface area contributed by atoms with Crippen LogP contribution >= 0.6 is 0 Å². The monoisotopic (exact) mass is 403 g/mol. The van der Waals surface area contributed by atoms with Crippen LogP contribution in [0.2, 0.25) is 0 Å². The Balaban J connectivity index is 1.52. The van der Waals surface area contributed by atoms with Gasteiger partial charge < -0.3 is 8.98 Å². The van der Waals surface area contributed by atoms with Gasteiger partial charge in [0.05, 0.1) is 11.1 Å². The molecule has 9 nitrogen and oxygen atoms in total. The number of furan rings is 1. The molecule has 30 heavy (non-hydrogen) atoms. The van der Waals surface area contributed by atoms with E-state index in [-0.39, 0.29) is 11.4 Å². The lowest BCUT2D eigenvalue weighted by Gasteiger charge is -2.07. The number of nitrogens with one attached hydrogen (secondary N) is 1. The van der Waals surface area contributed by atoms with Crippen LogP contribution in [0.5, 0.6) is 0 Å². The average Bonchev–Trinajstić information content (AvgIpc) is 3.28. The fourth-order valence-corrected chi connectivity index (χ4v) is 3.23. The first-order valence-electron chi connectivity index (χ1n) is 9.06. The molecule has 0 spiro atoms. The quantitative estimate of drug-likeness (QED) is 0.308. The van der Waals surface area contributed by atoms with Crippen molar-refractivity contribution in [1.29, 1.82) is 0 Å². The summed E-state index contributed by atoms with van der Waals surface area (Å²) in [7, 11) is 0. The molecule has 9 heteroatoms. The Labute approximate surface area is 170 Å². The molecule has 150 valence electrons. The standard InChI is InChI=1S/C21H17N5O4/c1-13-9-16(14(2)25(13)20-5-3-4-8-22-20)12-23-24-21(27)19-11-15-10-17(26(28)29)6-7-18(15)30-19/h3-12H,1-2H3,(H,24,27)/b23-12-. The summed E-state index contributed by atoms with van der Waals surface area (Å²) in [5, 5.41) is 15.4. The molecule has 1 aromatic carbocycles. The van der Waals surface area contributed by atoms with Crippen molar-refractivity contribution in [3.63, 3.8) is 0 Å². The van der Waals surface area contributed by atoms with Gasteiger partial charge in [-0.1, -0.05) is 6.07 Å². The normalized spacial score (nSPS) is 11.3. The highest BCUT2D eigenvalue weighted by Crippen LogP contribution is 2.24. The number of benzene rings is 1. The summed E-state index contributed by atoms with van der Waals surface area (Å²) in [5.74, 6) is 0.262. The van der Waals surface area contributed by atoms with Gasteiger partial charge in [0.25, 0.3) is 5.69 Å². The summed E-state index contributed by atoms with van der Waals surface area (Å²) in [5.41, 5.74) is 5.48. The number of carbonyl (C=O) groups excluding carboxylic acids is 1. The van der Waals surface area contributed by atoms with E-state index < -0.39 is 10.8 Å². The zero-order valence-corrected chi connectivity index (χ0v) is 16.2. The molecular formula is C21H17N5O4. The van der Waals surface area contributed by atoms with Crippen LogP contribution in [0.4, 0.5) is 5.69 Å². The molecule has 0 atom stereocenters. The van der Waals surface area contributed by atoms with E-state index in [2.05, 4.69) is 15.5 Å². The molecule has 0 bridgehead atoms. The van der Waals surface area contributed by atoms with Crippen LogP contribution in [-0.4, -0.2) is 26.6 Å². The summed E-state index contributed by atoms with van der Waals surface area (Å²) in [6.07, 6.45) is 3.28. The van der Waals surface area contributed by atoms with Crippen LogP contribution in [0.1, 0.15) is 27.5 Å². The number of pyridine rings is 1. The van der Waals surface area contributed by atoms with Gasteiger partial charge >= 0.3 is 5.91 Å². The third-order valence-electron chi connectivity index (χ3n) is 4.65. The summed E-state index contributed by atoms with van der Waals surface area (Å²) >= 11 is 0. The molecule has 3 aromatic heterocycles. The summed E-state index contributed by atoms with van der Waals surface area (Å²) in [6.45, 7) is 3.90. The van der Waals surface area contributed by atoms with E-state index in [1.54, 1.807) is 12.4 Å². The number of hydrazone groups is 1. The molecule has 0 saturated carbocycles. The number of nitro groups is 1. The van der Waals surface area contributed by atoms with Gasteiger partial charge in [-0.05, 0) is 44.2 Å². The second-order valence-electron chi connectivity index (χ2n) is 6.64. The van der Waals surface area contributed by atoms with E-state index in [1.165, 1.54) is 24.3 Å². The first kappa shape index (κ1) is 19.1. The lowest BCUT2D eigenvalue weighted by atomic mass is 10.2. The predicted molar refractivity (Wildman–Crippen MR) is 111 cm³/mol. The number of amides is 1. The number of nitro benzene ring substituents is 1. The fourth-order valence-electron chi connectivity index (χ4n) is 3.23. The molecule has 1 amide bonds. The number of fused-ring (bicyclic) bond motifs is 1. The first-order valence-corrected chi connectivity index (χ1v) is 9.06. The third-order valence-corrected chi connectivity index (χ3v) is 4.65. The molecule has 4 rings (SSSR count). The Morgan fingerprint density at radius 2 is 2.07 bits per heavy atom. The van der Waals surface area contributed by atoms with E-state index in [9.17, 15) is 14.9 Å². The van der Waals surface area contributed by atoms with Crippen molar-refractivity contribution < 1.29 is 14.1 Å². The molecular weight excluding hydrogens is 386 g/mol. The molecule has 0 aliphatic carbocycles. The fraction of sp³-hybridized carbons (Fsp3) is 0.0952. The molecule has 4 aromatic rings. The van der Waals surface area contributed by atoms with Crippen molar-refractivity contribution in [2.45, 2.75) is 13.8 Å². The number of non-ortho nitro benzene ring substituents is 1. The number of nitrogens with zero attached hydrogens (tertiary/aromatic N) is 4. The Morgan fingerprint density at radius 1 is 1.23 bits per heavy atom. The van der Waals surface area contributed by atoms with Gasteiger partial charge in [-0.2, -0.15) is 5.10 Å². The van der Waals surface area contributed by atoms with Crippen molar-refractivity contribution in [2.24, 2.45) is 5.10 Å². The maximum absolute atomic E-state index is 12.3. The Bertz CT molecular complexity index is 1290. The number of carbonyl (C=O) groups is 1. The minimum Gasteiger partial charge on any atom is -0.451 e. The van der Waals surface area contributed by atoms with E-state index >= 15 is 0 Å². The maximum Gasteiger partial charge on any atom is 0.307 e. The van der Waals surface area contributed by atoms with Gasteiger partial charge in [-0.3, -0.25) is 14.9 Å². The van der Waals surface area contributed by atoms with Crippen LogP contribution in [0.15, 0.2) is 64.2 Å². The molecule has 3 heterocycles. The van der Waals surface area contributed by atoms with E-state index in [0.29, 0.717) is 11.0 Å². The summed E-state index contributed by atoms with van der Waals surface area (Å²) in [6, 6.07) is 13.2. The highest BCUT2D eigenvalue weighted by molar-refractivity contribution is 5.97. The van der Waals surface area contributed by atoms with Crippen molar-refractivity contribution >= 4 is 28.8 Å². The predicted octanol–water partition coefficient (Wildman–Crippen LogP) is 3.91. The van der Waals surface area contributed by atoms with Gasteiger partial charge in [0.1, 0.15) is 11.4 Å². The van der Waals surface area contributed by atoms with Crippen molar-refractivity contribution in [2.75, 3.05) is 0 Å². The van der Waals surface area contributed by atoms with Gasteiger partial charge in [0.15, 0.2) is 5.76 Å². The number of hydrogen-bond donors (Lipinski definition) is 1. The number of rotatable bonds is 5. The zero-order chi connectivity index (χ0) is 21.3. The molecule has 0 aliphatic heterocycles. The van der Waals surface area contributed by atoms with Crippen LogP contribution in [0.3, 0.4) is 0 Å². The van der Waals surface area contributed by atoms with E-state index in [1.807, 2.05) is 42.7 Å². The van der Waals surface area contributed by atoms with Crippen LogP contribution in [0.25, 0.3) is 16.8 Å². The maximum atomic E-state index is 12.3. The zero-order valence-electron chi connectivity index (χ0n) is 16.2. The highest BCUT2D eigenvalue weighted by atomic mass is 16.6. The topological polar surface area (TPSA) is 116 Å². The van der Waals surface area contributed by atoms with E-state index in [4.69, 9.17) is 4.42 Å². The van der Waals surface area contributed by atoms with Crippen LogP contribution < -0.4 is 5.43 Å². The molecule has 0 radical (unpaired) electrons. The highest BCUT2D eigenvalue weighted by Gasteiger charge is 2.15. The smallest absolute Gasteiger partial charge is 0.307 e. The van der Waals surface area contributed by atoms with Crippen molar-refractivity contribution in [1.82, 2.24) is 15.0 Å². The molecule has 1 N–H and O–H groups in total. The van der Waals surface area contributed by atoms with Gasteiger partial charge in [0, 0.05) is 40.7 Å². The number of aryl methyl sites for hydroxylation is 1. The SMILES string of the molecule is Cc1cc(/C=N\NC(=O)c2cc3cc([N+](=O)[O-])ccc3o2)c(C)n1-c1ccccn1. The number of aromatic nitrogens is 2. The molecule has 0 fully saturated rings. The second kappa shape index (κ2) is 7.63. The third kappa shape index (κ3) is 3.55. The van der Waals surface area contributed by atoms with Crippen LogP contribution in [0, 0.1) is 24.0 Å². The van der Waals surface area contributed by atoms with Crippen LogP contribution in [-0.2, 0) is 0 Å². The van der Waals surface area contributed by atoms with Gasteiger partial charge in [-0.15, -0.1) is 0 Å². The van der Waals surface area contributed by atoms with Gasteiger partial charge in [0.2, 0.25) is 0 Å². The first-order chi connectivity index (χ1) is 14.4. The summed E-state index contributed by atoms with van der Waals surface area (Å²) < 4.78 is 7.45. The number of hydrogen-bond acceptors (Lipinski definition) is 6. The second-order valence-corrected chi connectivity index (χ2v) is 6.64.